The van der Waals surface area contributed by atoms with Crippen LogP contribution >= 0.6 is 11.6 Å². The fourth-order valence-corrected chi connectivity index (χ4v) is 1.95. The highest BCUT2D eigenvalue weighted by atomic mass is 35.5. The molecule has 1 aliphatic rings. The molecular weight excluding hydrogens is 213 g/mol. The van der Waals surface area contributed by atoms with Crippen molar-refractivity contribution in [1.82, 2.24) is 0 Å². The SMILES string of the molecule is C/C=C/C(F)C1=NC(CCC)C(Cl)=C1C. The van der Waals surface area contributed by atoms with Gasteiger partial charge in [-0.2, -0.15) is 0 Å². The first kappa shape index (κ1) is 12.4. The Morgan fingerprint density at radius 1 is 1.60 bits per heavy atom. The van der Waals surface area contributed by atoms with E-state index in [1.165, 1.54) is 6.08 Å². The molecule has 3 heteroatoms. The highest BCUT2D eigenvalue weighted by Gasteiger charge is 2.27. The van der Waals surface area contributed by atoms with E-state index in [4.69, 9.17) is 11.6 Å². The maximum absolute atomic E-state index is 13.6. The van der Waals surface area contributed by atoms with Gasteiger partial charge < -0.3 is 0 Å². The van der Waals surface area contributed by atoms with Crippen LogP contribution in [0.25, 0.3) is 0 Å². The minimum Gasteiger partial charge on any atom is -0.277 e. The Balaban J connectivity index is 2.87. The van der Waals surface area contributed by atoms with E-state index in [2.05, 4.69) is 11.9 Å². The molecule has 0 spiro atoms. The predicted molar refractivity (Wildman–Crippen MR) is 64.4 cm³/mol. The van der Waals surface area contributed by atoms with Crippen LogP contribution in [0.3, 0.4) is 0 Å². The van der Waals surface area contributed by atoms with Gasteiger partial charge in [0, 0.05) is 5.03 Å². The van der Waals surface area contributed by atoms with Crippen LogP contribution in [0.4, 0.5) is 4.39 Å². The first-order valence-corrected chi connectivity index (χ1v) is 5.70. The predicted octanol–water partition coefficient (Wildman–Crippen LogP) is 4.04. The topological polar surface area (TPSA) is 12.4 Å². The lowest BCUT2D eigenvalue weighted by molar-refractivity contribution is 0.491. The summed E-state index contributed by atoms with van der Waals surface area (Å²) in [7, 11) is 0. The van der Waals surface area contributed by atoms with Gasteiger partial charge in [-0.1, -0.05) is 31.0 Å². The zero-order valence-electron chi connectivity index (χ0n) is 9.43. The van der Waals surface area contributed by atoms with Crippen LogP contribution in [-0.4, -0.2) is 17.9 Å². The summed E-state index contributed by atoms with van der Waals surface area (Å²) >= 11 is 6.12. The molecule has 0 fully saturated rings. The van der Waals surface area contributed by atoms with Crippen LogP contribution < -0.4 is 0 Å². The van der Waals surface area contributed by atoms with Gasteiger partial charge in [-0.05, 0) is 31.9 Å². The van der Waals surface area contributed by atoms with Gasteiger partial charge in [0.15, 0.2) is 6.17 Å². The van der Waals surface area contributed by atoms with Crippen LogP contribution in [0, 0.1) is 0 Å². The van der Waals surface area contributed by atoms with E-state index in [0.29, 0.717) is 10.7 Å². The Morgan fingerprint density at radius 3 is 2.80 bits per heavy atom. The lowest BCUT2D eigenvalue weighted by Crippen LogP contribution is -2.12. The fourth-order valence-electron chi connectivity index (χ4n) is 1.70. The Hall–Kier alpha value is -0.630. The number of allylic oxidation sites excluding steroid dienone is 3. The van der Waals surface area contributed by atoms with E-state index >= 15 is 0 Å². The third-order valence-electron chi connectivity index (χ3n) is 2.51. The molecule has 1 heterocycles. The molecule has 2 atom stereocenters. The van der Waals surface area contributed by atoms with Crippen molar-refractivity contribution in [2.24, 2.45) is 4.99 Å². The number of hydrogen-bond donors (Lipinski definition) is 0. The van der Waals surface area contributed by atoms with Crippen LogP contribution in [0.1, 0.15) is 33.6 Å². The second-order valence-electron chi connectivity index (χ2n) is 3.72. The van der Waals surface area contributed by atoms with Crippen LogP contribution in [0.5, 0.6) is 0 Å². The zero-order valence-corrected chi connectivity index (χ0v) is 10.2. The van der Waals surface area contributed by atoms with Gasteiger partial charge in [0.05, 0.1) is 11.8 Å². The zero-order chi connectivity index (χ0) is 11.4. The van der Waals surface area contributed by atoms with Crippen LogP contribution in [0.2, 0.25) is 0 Å². The average molecular weight is 230 g/mol. The summed E-state index contributed by atoms with van der Waals surface area (Å²) in [6.07, 6.45) is 3.97. The minimum atomic E-state index is -1.12. The van der Waals surface area contributed by atoms with E-state index < -0.39 is 6.17 Å². The maximum Gasteiger partial charge on any atom is 0.160 e. The lowest BCUT2D eigenvalue weighted by Gasteiger charge is -2.04. The normalized spacial score (nSPS) is 23.8. The number of alkyl halides is 1. The molecule has 15 heavy (non-hydrogen) atoms. The van der Waals surface area contributed by atoms with Crippen molar-refractivity contribution in [3.63, 3.8) is 0 Å². The molecule has 0 radical (unpaired) electrons. The summed E-state index contributed by atoms with van der Waals surface area (Å²) in [6, 6.07) is -0.0184. The quantitative estimate of drug-likeness (QED) is 0.646. The van der Waals surface area contributed by atoms with Crippen molar-refractivity contribution < 1.29 is 4.39 Å². The van der Waals surface area contributed by atoms with E-state index in [-0.39, 0.29) is 6.04 Å². The Labute approximate surface area is 95.7 Å². The first-order valence-electron chi connectivity index (χ1n) is 5.33. The lowest BCUT2D eigenvalue weighted by atomic mass is 10.1. The van der Waals surface area contributed by atoms with Crippen molar-refractivity contribution in [3.8, 4) is 0 Å². The molecule has 0 bridgehead atoms. The van der Waals surface area contributed by atoms with Gasteiger partial charge in [0.2, 0.25) is 0 Å². The maximum atomic E-state index is 13.6. The van der Waals surface area contributed by atoms with Gasteiger partial charge in [0.25, 0.3) is 0 Å². The van der Waals surface area contributed by atoms with E-state index in [0.717, 1.165) is 18.4 Å². The van der Waals surface area contributed by atoms with Gasteiger partial charge in [-0.25, -0.2) is 4.39 Å². The van der Waals surface area contributed by atoms with E-state index in [1.54, 1.807) is 13.0 Å². The van der Waals surface area contributed by atoms with E-state index in [1.807, 2.05) is 6.92 Å². The van der Waals surface area contributed by atoms with Gasteiger partial charge >= 0.3 is 0 Å². The highest BCUT2D eigenvalue weighted by Crippen LogP contribution is 2.30. The number of rotatable bonds is 4. The van der Waals surface area contributed by atoms with Crippen LogP contribution in [0.15, 0.2) is 27.7 Å². The molecule has 84 valence electrons. The molecule has 1 rings (SSSR count). The van der Waals surface area contributed by atoms with Crippen molar-refractivity contribution in [1.29, 1.82) is 0 Å². The fraction of sp³-hybridized carbons (Fsp3) is 0.583. The van der Waals surface area contributed by atoms with Crippen molar-refractivity contribution in [2.75, 3.05) is 0 Å². The molecule has 1 aliphatic heterocycles. The molecule has 0 saturated carbocycles. The summed E-state index contributed by atoms with van der Waals surface area (Å²) in [5.41, 5.74) is 1.30. The molecule has 0 aromatic rings. The summed E-state index contributed by atoms with van der Waals surface area (Å²) in [5.74, 6) is 0. The molecular formula is C12H17ClFN. The minimum absolute atomic E-state index is 0.0184. The largest absolute Gasteiger partial charge is 0.277 e. The molecule has 0 aromatic carbocycles. The molecule has 0 aromatic heterocycles. The Morgan fingerprint density at radius 2 is 2.27 bits per heavy atom. The Kier molecular flexibility index (Phi) is 4.52. The van der Waals surface area contributed by atoms with Crippen molar-refractivity contribution in [3.05, 3.63) is 22.8 Å². The summed E-state index contributed by atoms with van der Waals surface area (Å²) in [5, 5.41) is 0.707. The molecule has 0 amide bonds. The van der Waals surface area contributed by atoms with Gasteiger partial charge in [-0.15, -0.1) is 0 Å². The second kappa shape index (κ2) is 5.45. The first-order chi connectivity index (χ1) is 7.11. The van der Waals surface area contributed by atoms with Crippen molar-refractivity contribution in [2.45, 2.75) is 45.8 Å². The number of hydrogen-bond acceptors (Lipinski definition) is 1. The number of aliphatic imine (C=N–C) groups is 1. The molecule has 1 nitrogen and oxygen atoms in total. The Bertz CT molecular complexity index is 318. The smallest absolute Gasteiger partial charge is 0.160 e. The standard InChI is InChI=1S/C12H17ClFN/c1-4-6-9(14)12-8(3)11(13)10(15-12)7-5-2/h4,6,9-10H,5,7H2,1-3H3/b6-4+. The molecule has 2 unspecified atom stereocenters. The summed E-state index contributed by atoms with van der Waals surface area (Å²) < 4.78 is 13.6. The highest BCUT2D eigenvalue weighted by molar-refractivity contribution is 6.34. The van der Waals surface area contributed by atoms with Crippen molar-refractivity contribution >= 4 is 17.3 Å². The molecule has 0 saturated heterocycles. The third kappa shape index (κ3) is 2.69. The van der Waals surface area contributed by atoms with E-state index in [9.17, 15) is 4.39 Å². The summed E-state index contributed by atoms with van der Waals surface area (Å²) in [4.78, 5) is 4.34. The third-order valence-corrected chi connectivity index (χ3v) is 3.05. The molecule has 0 aliphatic carbocycles. The van der Waals surface area contributed by atoms with Gasteiger partial charge in [-0.3, -0.25) is 4.99 Å². The average Bonchev–Trinajstić information content (AvgIpc) is 2.47. The number of halogens is 2. The monoisotopic (exact) mass is 229 g/mol. The van der Waals surface area contributed by atoms with Gasteiger partial charge in [0.1, 0.15) is 0 Å². The summed E-state index contributed by atoms with van der Waals surface area (Å²) in [6.45, 7) is 5.71. The number of nitrogens with zero attached hydrogens (tertiary/aromatic N) is 1. The second-order valence-corrected chi connectivity index (χ2v) is 4.13. The van der Waals surface area contributed by atoms with Crippen LogP contribution in [-0.2, 0) is 0 Å². The molecule has 0 N–H and O–H groups in total.